The summed E-state index contributed by atoms with van der Waals surface area (Å²) in [4.78, 5) is 16.9. The summed E-state index contributed by atoms with van der Waals surface area (Å²) in [5, 5.41) is 10.9. The minimum absolute atomic E-state index is 0.138. The largest absolute Gasteiger partial charge is 0.486 e. The minimum atomic E-state index is -0.138. The molecule has 7 nitrogen and oxygen atoms in total. The average Bonchev–Trinajstić information content (AvgIpc) is 3.44. The Hall–Kier alpha value is -3.09. The van der Waals surface area contributed by atoms with Crippen molar-refractivity contribution < 1.29 is 14.3 Å². The molecule has 2 aromatic heterocycles. The lowest BCUT2D eigenvalue weighted by Crippen LogP contribution is -2.17. The third-order valence-electron chi connectivity index (χ3n) is 4.69. The van der Waals surface area contributed by atoms with Crippen molar-refractivity contribution in [1.82, 2.24) is 15.2 Å². The van der Waals surface area contributed by atoms with Crippen molar-refractivity contribution in [3.8, 4) is 11.5 Å². The maximum atomic E-state index is 12.4. The molecule has 3 aromatic rings. The van der Waals surface area contributed by atoms with Gasteiger partial charge in [0, 0.05) is 17.8 Å². The Morgan fingerprint density at radius 2 is 2.04 bits per heavy atom. The van der Waals surface area contributed by atoms with Crippen LogP contribution in [0, 0.1) is 0 Å². The monoisotopic (exact) mass is 350 g/mol. The second kappa shape index (κ2) is 6.01. The zero-order chi connectivity index (χ0) is 17.5. The van der Waals surface area contributed by atoms with E-state index in [2.05, 4.69) is 20.5 Å². The molecule has 1 aromatic carbocycles. The summed E-state index contributed by atoms with van der Waals surface area (Å²) in [7, 11) is 0. The number of aromatic nitrogens is 3. The SMILES string of the molecule is O=C(Cc1ccc2c(c1)OCCO2)Nc1n[nH]c2cc(C3CC3)ncc12. The standard InChI is InChI=1S/C19H18N4O3/c24-18(8-11-1-4-16-17(7-11)26-6-5-25-16)21-19-13-10-20-14(12-2-3-12)9-15(13)22-23-19/h1,4,7,9-10,12H,2-3,5-6,8H2,(H2,21,22,23,24). The smallest absolute Gasteiger partial charge is 0.230 e. The lowest BCUT2D eigenvalue weighted by molar-refractivity contribution is -0.115. The van der Waals surface area contributed by atoms with Gasteiger partial charge in [0.2, 0.25) is 5.91 Å². The normalized spacial score (nSPS) is 15.8. The van der Waals surface area contributed by atoms with Crippen molar-refractivity contribution in [1.29, 1.82) is 0 Å². The number of benzene rings is 1. The third-order valence-corrected chi connectivity index (χ3v) is 4.69. The van der Waals surface area contributed by atoms with Crippen LogP contribution in [0.3, 0.4) is 0 Å². The summed E-state index contributed by atoms with van der Waals surface area (Å²) < 4.78 is 11.1. The van der Waals surface area contributed by atoms with Crippen LogP contribution in [-0.4, -0.2) is 34.3 Å². The molecule has 0 bridgehead atoms. The predicted molar refractivity (Wildman–Crippen MR) is 95.6 cm³/mol. The summed E-state index contributed by atoms with van der Waals surface area (Å²) >= 11 is 0. The number of hydrogen-bond acceptors (Lipinski definition) is 5. The molecular weight excluding hydrogens is 332 g/mol. The van der Waals surface area contributed by atoms with Gasteiger partial charge < -0.3 is 14.8 Å². The van der Waals surface area contributed by atoms with E-state index in [1.807, 2.05) is 24.3 Å². The summed E-state index contributed by atoms with van der Waals surface area (Å²) in [6.07, 6.45) is 4.42. The molecule has 7 heteroatoms. The molecule has 1 aliphatic heterocycles. The Balaban J connectivity index is 1.31. The van der Waals surface area contributed by atoms with Gasteiger partial charge in [-0.2, -0.15) is 5.10 Å². The van der Waals surface area contributed by atoms with Gasteiger partial charge >= 0.3 is 0 Å². The highest BCUT2D eigenvalue weighted by molar-refractivity contribution is 6.00. The first-order chi connectivity index (χ1) is 12.8. The number of fused-ring (bicyclic) bond motifs is 2. The van der Waals surface area contributed by atoms with Crippen LogP contribution >= 0.6 is 0 Å². The first kappa shape index (κ1) is 15.2. The van der Waals surface area contributed by atoms with E-state index in [1.165, 1.54) is 12.8 Å². The molecule has 2 aliphatic rings. The van der Waals surface area contributed by atoms with Gasteiger partial charge in [-0.15, -0.1) is 0 Å². The van der Waals surface area contributed by atoms with E-state index < -0.39 is 0 Å². The molecule has 2 N–H and O–H groups in total. The number of H-pyrrole nitrogens is 1. The number of hydrogen-bond donors (Lipinski definition) is 2. The topological polar surface area (TPSA) is 89.1 Å². The van der Waals surface area contributed by atoms with Crippen molar-refractivity contribution >= 4 is 22.6 Å². The third kappa shape index (κ3) is 2.85. The van der Waals surface area contributed by atoms with Gasteiger partial charge in [0.1, 0.15) is 13.2 Å². The summed E-state index contributed by atoms with van der Waals surface area (Å²) in [6, 6.07) is 7.58. The van der Waals surface area contributed by atoms with E-state index in [4.69, 9.17) is 9.47 Å². The Labute approximate surface area is 149 Å². The molecule has 0 unspecified atom stereocenters. The first-order valence-electron chi connectivity index (χ1n) is 8.79. The summed E-state index contributed by atoms with van der Waals surface area (Å²) in [6.45, 7) is 1.08. The van der Waals surface area contributed by atoms with Gasteiger partial charge in [-0.1, -0.05) is 6.07 Å². The van der Waals surface area contributed by atoms with Crippen molar-refractivity contribution in [2.45, 2.75) is 25.2 Å². The molecule has 132 valence electrons. The van der Waals surface area contributed by atoms with Crippen LogP contribution in [0.25, 0.3) is 10.9 Å². The van der Waals surface area contributed by atoms with Crippen LogP contribution in [0.1, 0.15) is 30.0 Å². The fraction of sp³-hybridized carbons (Fsp3) is 0.316. The van der Waals surface area contributed by atoms with Crippen LogP contribution in [0.2, 0.25) is 0 Å². The predicted octanol–water partition coefficient (Wildman–Crippen LogP) is 2.79. The van der Waals surface area contributed by atoms with Gasteiger partial charge in [-0.3, -0.25) is 14.9 Å². The molecule has 0 spiro atoms. The second-order valence-corrected chi connectivity index (χ2v) is 6.70. The molecule has 5 rings (SSSR count). The van der Waals surface area contributed by atoms with E-state index in [0.717, 1.165) is 27.9 Å². The van der Waals surface area contributed by atoms with Crippen molar-refractivity contribution in [2.24, 2.45) is 0 Å². The number of carbonyl (C=O) groups is 1. The zero-order valence-electron chi connectivity index (χ0n) is 14.1. The number of rotatable bonds is 4. The number of ether oxygens (including phenoxy) is 2. The van der Waals surface area contributed by atoms with Gasteiger partial charge in [-0.05, 0) is 36.6 Å². The molecule has 1 amide bonds. The van der Waals surface area contributed by atoms with E-state index >= 15 is 0 Å². The maximum Gasteiger partial charge on any atom is 0.230 e. The van der Waals surface area contributed by atoms with Crippen LogP contribution in [-0.2, 0) is 11.2 Å². The summed E-state index contributed by atoms with van der Waals surface area (Å²) in [5.41, 5.74) is 2.85. The van der Waals surface area contributed by atoms with Crippen LogP contribution in [0.15, 0.2) is 30.5 Å². The quantitative estimate of drug-likeness (QED) is 0.755. The number of amides is 1. The Bertz CT molecular complexity index is 994. The van der Waals surface area contributed by atoms with Crippen molar-refractivity contribution in [2.75, 3.05) is 18.5 Å². The summed E-state index contributed by atoms with van der Waals surface area (Å²) in [5.74, 6) is 2.36. The van der Waals surface area contributed by atoms with Crippen LogP contribution < -0.4 is 14.8 Å². The highest BCUT2D eigenvalue weighted by atomic mass is 16.6. The van der Waals surface area contributed by atoms with Gasteiger partial charge in [0.15, 0.2) is 17.3 Å². The zero-order valence-corrected chi connectivity index (χ0v) is 14.1. The number of nitrogens with zero attached hydrogens (tertiary/aromatic N) is 2. The lowest BCUT2D eigenvalue weighted by atomic mass is 10.1. The maximum absolute atomic E-state index is 12.4. The lowest BCUT2D eigenvalue weighted by Gasteiger charge is -2.18. The Kier molecular flexibility index (Phi) is 3.51. The second-order valence-electron chi connectivity index (χ2n) is 6.70. The van der Waals surface area contributed by atoms with Crippen molar-refractivity contribution in [3.63, 3.8) is 0 Å². The molecule has 1 aliphatic carbocycles. The molecule has 0 saturated heterocycles. The number of aromatic amines is 1. The Morgan fingerprint density at radius 1 is 1.19 bits per heavy atom. The highest BCUT2D eigenvalue weighted by Crippen LogP contribution is 2.39. The number of pyridine rings is 1. The van der Waals surface area contributed by atoms with Gasteiger partial charge in [0.25, 0.3) is 0 Å². The molecule has 1 fully saturated rings. The van der Waals surface area contributed by atoms with E-state index in [-0.39, 0.29) is 12.3 Å². The van der Waals surface area contributed by atoms with Gasteiger partial charge in [0.05, 0.1) is 17.3 Å². The number of anilines is 1. The van der Waals surface area contributed by atoms with E-state index in [0.29, 0.717) is 30.7 Å². The minimum Gasteiger partial charge on any atom is -0.486 e. The van der Waals surface area contributed by atoms with Gasteiger partial charge in [-0.25, -0.2) is 0 Å². The fourth-order valence-electron chi connectivity index (χ4n) is 3.19. The average molecular weight is 350 g/mol. The molecule has 3 heterocycles. The highest BCUT2D eigenvalue weighted by Gasteiger charge is 2.25. The molecule has 26 heavy (non-hydrogen) atoms. The van der Waals surface area contributed by atoms with Crippen LogP contribution in [0.5, 0.6) is 11.5 Å². The van der Waals surface area contributed by atoms with Crippen molar-refractivity contribution in [3.05, 3.63) is 41.7 Å². The molecule has 1 saturated carbocycles. The van der Waals surface area contributed by atoms with E-state index in [9.17, 15) is 4.79 Å². The molecule has 0 radical (unpaired) electrons. The Morgan fingerprint density at radius 3 is 2.88 bits per heavy atom. The molecular formula is C19H18N4O3. The van der Waals surface area contributed by atoms with Crippen LogP contribution in [0.4, 0.5) is 5.82 Å². The number of carbonyl (C=O) groups excluding carboxylic acids is 1. The molecule has 0 atom stereocenters. The number of nitrogens with one attached hydrogen (secondary N) is 2. The first-order valence-corrected chi connectivity index (χ1v) is 8.79. The van der Waals surface area contributed by atoms with E-state index in [1.54, 1.807) is 6.20 Å². The fourth-order valence-corrected chi connectivity index (χ4v) is 3.19.